The van der Waals surface area contributed by atoms with Gasteiger partial charge in [-0.15, -0.1) is 0 Å². The lowest BCUT2D eigenvalue weighted by Gasteiger charge is -2.05. The number of hydrogen-bond acceptors (Lipinski definition) is 4. The molecule has 2 rings (SSSR count). The molecule has 0 amide bonds. The van der Waals surface area contributed by atoms with Crippen molar-refractivity contribution in [2.24, 2.45) is 5.73 Å². The van der Waals surface area contributed by atoms with E-state index in [1.165, 1.54) is 11.3 Å². The summed E-state index contributed by atoms with van der Waals surface area (Å²) in [6, 6.07) is 4.23. The molecule has 0 saturated heterocycles. The van der Waals surface area contributed by atoms with E-state index in [1.807, 2.05) is 11.8 Å². The molecule has 0 saturated carbocycles. The monoisotopic (exact) mass is 209 g/mol. The van der Waals surface area contributed by atoms with Gasteiger partial charge in [-0.05, 0) is 24.6 Å². The summed E-state index contributed by atoms with van der Waals surface area (Å²) in [4.78, 5) is 4.55. The summed E-state index contributed by atoms with van der Waals surface area (Å²) in [6.07, 6.45) is 0.994. The molecule has 0 unspecified atom stereocenters. The standard InChI is InChI=1S/C10H15N3S/c11-4-1-5-12-10-3-2-8-6-14-7-9(8)13-10/h2-3H,1,4-7,11H2,(H,12,13). The van der Waals surface area contributed by atoms with Crippen LogP contribution in [0.3, 0.4) is 0 Å². The van der Waals surface area contributed by atoms with Crippen LogP contribution in [0.1, 0.15) is 17.7 Å². The normalized spacial score (nSPS) is 14.1. The molecule has 4 heteroatoms. The average Bonchev–Trinajstić information content (AvgIpc) is 2.65. The van der Waals surface area contributed by atoms with Gasteiger partial charge in [-0.3, -0.25) is 0 Å². The summed E-state index contributed by atoms with van der Waals surface area (Å²) in [5.41, 5.74) is 8.05. The van der Waals surface area contributed by atoms with Crippen LogP contribution in [0, 0.1) is 0 Å². The van der Waals surface area contributed by atoms with Gasteiger partial charge in [0.1, 0.15) is 5.82 Å². The third-order valence-electron chi connectivity index (χ3n) is 2.25. The Hall–Kier alpha value is -0.740. The van der Waals surface area contributed by atoms with E-state index in [9.17, 15) is 0 Å². The van der Waals surface area contributed by atoms with Crippen molar-refractivity contribution >= 4 is 17.6 Å². The summed E-state index contributed by atoms with van der Waals surface area (Å²) in [6.45, 7) is 1.64. The maximum atomic E-state index is 5.42. The summed E-state index contributed by atoms with van der Waals surface area (Å²) in [5.74, 6) is 3.16. The fraction of sp³-hybridized carbons (Fsp3) is 0.500. The van der Waals surface area contributed by atoms with Crippen LogP contribution in [-0.2, 0) is 11.5 Å². The zero-order valence-corrected chi connectivity index (χ0v) is 8.94. The number of hydrogen-bond donors (Lipinski definition) is 2. The first-order valence-corrected chi connectivity index (χ1v) is 6.06. The van der Waals surface area contributed by atoms with E-state index >= 15 is 0 Å². The van der Waals surface area contributed by atoms with E-state index < -0.39 is 0 Å². The molecule has 3 nitrogen and oxygen atoms in total. The average molecular weight is 209 g/mol. The largest absolute Gasteiger partial charge is 0.370 e. The first-order valence-electron chi connectivity index (χ1n) is 4.90. The molecule has 2 heterocycles. The number of nitrogens with one attached hydrogen (secondary N) is 1. The third kappa shape index (κ3) is 2.19. The molecule has 1 aromatic heterocycles. The van der Waals surface area contributed by atoms with Gasteiger partial charge in [0.15, 0.2) is 0 Å². The van der Waals surface area contributed by atoms with Gasteiger partial charge in [0.05, 0.1) is 5.69 Å². The minimum absolute atomic E-state index is 0.730. The Morgan fingerprint density at radius 3 is 3.21 bits per heavy atom. The minimum Gasteiger partial charge on any atom is -0.370 e. The summed E-state index contributed by atoms with van der Waals surface area (Å²) in [5, 5.41) is 3.27. The second-order valence-electron chi connectivity index (χ2n) is 3.36. The molecule has 0 aliphatic carbocycles. The molecule has 14 heavy (non-hydrogen) atoms. The highest BCUT2D eigenvalue weighted by Gasteiger charge is 2.12. The molecule has 1 aromatic rings. The van der Waals surface area contributed by atoms with Gasteiger partial charge in [-0.2, -0.15) is 11.8 Å². The molecule has 3 N–H and O–H groups in total. The molecule has 76 valence electrons. The van der Waals surface area contributed by atoms with E-state index in [2.05, 4.69) is 22.4 Å². The van der Waals surface area contributed by atoms with Crippen LogP contribution in [-0.4, -0.2) is 18.1 Å². The van der Waals surface area contributed by atoms with Gasteiger partial charge in [-0.25, -0.2) is 4.98 Å². The smallest absolute Gasteiger partial charge is 0.126 e. The first-order chi connectivity index (χ1) is 6.90. The van der Waals surface area contributed by atoms with Crippen LogP contribution in [0.5, 0.6) is 0 Å². The lowest BCUT2D eigenvalue weighted by molar-refractivity contribution is 0.869. The van der Waals surface area contributed by atoms with Crippen LogP contribution in [0.2, 0.25) is 0 Å². The first kappa shape index (κ1) is 9.80. The van der Waals surface area contributed by atoms with Crippen molar-refractivity contribution in [3.05, 3.63) is 23.4 Å². The molecule has 0 bridgehead atoms. The van der Waals surface area contributed by atoms with E-state index in [-0.39, 0.29) is 0 Å². The molecule has 0 atom stereocenters. The fourth-order valence-corrected chi connectivity index (χ4v) is 2.49. The lowest BCUT2D eigenvalue weighted by atomic mass is 10.2. The van der Waals surface area contributed by atoms with Crippen molar-refractivity contribution < 1.29 is 0 Å². The van der Waals surface area contributed by atoms with Crippen LogP contribution in [0.15, 0.2) is 12.1 Å². The summed E-state index contributed by atoms with van der Waals surface area (Å²) >= 11 is 1.93. The quantitative estimate of drug-likeness (QED) is 0.739. The second-order valence-corrected chi connectivity index (χ2v) is 4.35. The van der Waals surface area contributed by atoms with Gasteiger partial charge in [0.2, 0.25) is 0 Å². The van der Waals surface area contributed by atoms with Crippen LogP contribution in [0.25, 0.3) is 0 Å². The number of anilines is 1. The molecule has 0 fully saturated rings. The molecule has 0 spiro atoms. The topological polar surface area (TPSA) is 50.9 Å². The van der Waals surface area contributed by atoms with Crippen molar-refractivity contribution in [1.82, 2.24) is 4.98 Å². The molecule has 0 aromatic carbocycles. The number of aromatic nitrogens is 1. The third-order valence-corrected chi connectivity index (χ3v) is 3.24. The zero-order chi connectivity index (χ0) is 9.80. The lowest BCUT2D eigenvalue weighted by Crippen LogP contribution is -2.09. The van der Waals surface area contributed by atoms with Crippen LogP contribution < -0.4 is 11.1 Å². The predicted octanol–water partition coefficient (Wildman–Crippen LogP) is 1.59. The Morgan fingerprint density at radius 1 is 1.43 bits per heavy atom. The zero-order valence-electron chi connectivity index (χ0n) is 8.12. The van der Waals surface area contributed by atoms with E-state index in [0.717, 1.165) is 36.8 Å². The van der Waals surface area contributed by atoms with Crippen molar-refractivity contribution in [2.45, 2.75) is 17.9 Å². The van der Waals surface area contributed by atoms with Crippen LogP contribution >= 0.6 is 11.8 Å². The van der Waals surface area contributed by atoms with Crippen molar-refractivity contribution in [3.63, 3.8) is 0 Å². The Balaban J connectivity index is 1.98. The number of nitrogens with zero attached hydrogens (tertiary/aromatic N) is 1. The highest BCUT2D eigenvalue weighted by atomic mass is 32.2. The van der Waals surface area contributed by atoms with E-state index in [4.69, 9.17) is 5.73 Å². The summed E-state index contributed by atoms with van der Waals surface area (Å²) < 4.78 is 0. The number of rotatable bonds is 4. The van der Waals surface area contributed by atoms with E-state index in [0.29, 0.717) is 0 Å². The van der Waals surface area contributed by atoms with Crippen molar-refractivity contribution in [3.8, 4) is 0 Å². The number of nitrogens with two attached hydrogens (primary N) is 1. The summed E-state index contributed by atoms with van der Waals surface area (Å²) in [7, 11) is 0. The number of pyridine rings is 1. The molecule has 1 aliphatic rings. The van der Waals surface area contributed by atoms with Gasteiger partial charge >= 0.3 is 0 Å². The Labute approximate surface area is 88.5 Å². The van der Waals surface area contributed by atoms with Crippen molar-refractivity contribution in [1.29, 1.82) is 0 Å². The second kappa shape index (κ2) is 4.66. The molecule has 0 radical (unpaired) electrons. The van der Waals surface area contributed by atoms with Crippen molar-refractivity contribution in [2.75, 3.05) is 18.4 Å². The SMILES string of the molecule is NCCCNc1ccc2c(n1)CSC2. The van der Waals surface area contributed by atoms with Crippen LogP contribution in [0.4, 0.5) is 5.82 Å². The minimum atomic E-state index is 0.730. The fourth-order valence-electron chi connectivity index (χ4n) is 1.46. The molecular weight excluding hydrogens is 194 g/mol. The molecular formula is C10H15N3S. The van der Waals surface area contributed by atoms with Gasteiger partial charge in [0.25, 0.3) is 0 Å². The molecule has 1 aliphatic heterocycles. The Morgan fingerprint density at radius 2 is 2.36 bits per heavy atom. The van der Waals surface area contributed by atoms with Gasteiger partial charge in [0, 0.05) is 18.1 Å². The Bertz CT molecular complexity index is 314. The highest BCUT2D eigenvalue weighted by molar-refractivity contribution is 7.98. The maximum absolute atomic E-state index is 5.42. The van der Waals surface area contributed by atoms with Gasteiger partial charge < -0.3 is 11.1 Å². The van der Waals surface area contributed by atoms with E-state index in [1.54, 1.807) is 0 Å². The predicted molar refractivity (Wildman–Crippen MR) is 61.4 cm³/mol. The maximum Gasteiger partial charge on any atom is 0.126 e. The number of fused-ring (bicyclic) bond motifs is 1. The highest BCUT2D eigenvalue weighted by Crippen LogP contribution is 2.28. The number of thioether (sulfide) groups is 1. The Kier molecular flexibility index (Phi) is 3.26. The van der Waals surface area contributed by atoms with Gasteiger partial charge in [-0.1, -0.05) is 6.07 Å².